The summed E-state index contributed by atoms with van der Waals surface area (Å²) in [5, 5.41) is 3.57. The Bertz CT molecular complexity index is 427. The van der Waals surface area contributed by atoms with Crippen LogP contribution in [0.2, 0.25) is 0 Å². The lowest BCUT2D eigenvalue weighted by Gasteiger charge is -2.29. The molecule has 0 aromatic heterocycles. The molecular formula is C17H26N2O. The highest BCUT2D eigenvalue weighted by Gasteiger charge is 2.20. The minimum Gasteiger partial charge on any atom is -0.326 e. The highest BCUT2D eigenvalue weighted by atomic mass is 16.1. The number of hydrogen-bond acceptors (Lipinski definition) is 3. The second kappa shape index (κ2) is 7.55. The van der Waals surface area contributed by atoms with Crippen molar-refractivity contribution in [3.63, 3.8) is 0 Å². The molecule has 0 amide bonds. The summed E-state index contributed by atoms with van der Waals surface area (Å²) in [6.45, 7) is 2.77. The number of Topliss-reactive ketones (excluding diaryl/α,β-unsaturated/α-hetero) is 1. The average molecular weight is 274 g/mol. The standard InChI is InChI=1S/C17H26N2O/c1-2-15(20)11-13-7-9-14(10-8-13)12-19-17-6-4-3-5-16(17)18/h7-10,16-17,19H,2-6,11-12,18H2,1H3/t16-,17-/m1/s1. The molecule has 20 heavy (non-hydrogen) atoms. The van der Waals surface area contributed by atoms with Gasteiger partial charge in [-0.3, -0.25) is 4.79 Å². The van der Waals surface area contributed by atoms with Gasteiger partial charge < -0.3 is 11.1 Å². The van der Waals surface area contributed by atoms with Crippen LogP contribution in [-0.2, 0) is 17.8 Å². The lowest BCUT2D eigenvalue weighted by molar-refractivity contribution is -0.118. The summed E-state index contributed by atoms with van der Waals surface area (Å²) in [5.74, 6) is 0.295. The van der Waals surface area contributed by atoms with E-state index in [1.54, 1.807) is 0 Å². The highest BCUT2D eigenvalue weighted by Crippen LogP contribution is 2.17. The lowest BCUT2D eigenvalue weighted by Crippen LogP contribution is -2.46. The third kappa shape index (κ3) is 4.43. The number of nitrogens with one attached hydrogen (secondary N) is 1. The molecule has 0 heterocycles. The van der Waals surface area contributed by atoms with Crippen LogP contribution in [0.15, 0.2) is 24.3 Å². The zero-order chi connectivity index (χ0) is 14.4. The second-order valence-corrected chi connectivity index (χ2v) is 5.82. The number of carbonyl (C=O) groups is 1. The van der Waals surface area contributed by atoms with E-state index >= 15 is 0 Å². The van der Waals surface area contributed by atoms with Crippen LogP contribution in [0.1, 0.15) is 50.2 Å². The first-order valence-electron chi connectivity index (χ1n) is 7.77. The molecule has 3 heteroatoms. The molecule has 0 saturated heterocycles. The molecule has 1 aliphatic carbocycles. The van der Waals surface area contributed by atoms with Crippen molar-refractivity contribution in [3.05, 3.63) is 35.4 Å². The number of rotatable bonds is 6. The summed E-state index contributed by atoms with van der Waals surface area (Å²) in [7, 11) is 0. The number of benzene rings is 1. The first-order valence-corrected chi connectivity index (χ1v) is 7.77. The summed E-state index contributed by atoms with van der Waals surface area (Å²) in [6, 6.07) is 9.09. The molecule has 1 saturated carbocycles. The summed E-state index contributed by atoms with van der Waals surface area (Å²) in [4.78, 5) is 11.4. The van der Waals surface area contributed by atoms with E-state index in [1.807, 2.05) is 6.92 Å². The van der Waals surface area contributed by atoms with Gasteiger partial charge in [-0.25, -0.2) is 0 Å². The van der Waals surface area contributed by atoms with E-state index in [9.17, 15) is 4.79 Å². The Hall–Kier alpha value is -1.19. The van der Waals surface area contributed by atoms with E-state index in [0.29, 0.717) is 30.7 Å². The van der Waals surface area contributed by atoms with E-state index < -0.39 is 0 Å². The van der Waals surface area contributed by atoms with Crippen LogP contribution in [0.5, 0.6) is 0 Å². The van der Waals surface area contributed by atoms with Gasteiger partial charge in [-0.15, -0.1) is 0 Å². The highest BCUT2D eigenvalue weighted by molar-refractivity contribution is 5.80. The lowest BCUT2D eigenvalue weighted by atomic mass is 9.91. The van der Waals surface area contributed by atoms with Gasteiger partial charge in [0.1, 0.15) is 5.78 Å². The van der Waals surface area contributed by atoms with E-state index in [0.717, 1.165) is 18.5 Å². The normalized spacial score (nSPS) is 22.7. The maximum Gasteiger partial charge on any atom is 0.136 e. The molecule has 1 fully saturated rings. The van der Waals surface area contributed by atoms with Crippen molar-refractivity contribution in [2.24, 2.45) is 5.73 Å². The third-order valence-corrected chi connectivity index (χ3v) is 4.21. The quantitative estimate of drug-likeness (QED) is 0.838. The molecule has 1 aromatic carbocycles. The molecule has 110 valence electrons. The number of carbonyl (C=O) groups excluding carboxylic acids is 1. The molecule has 3 nitrogen and oxygen atoms in total. The maximum absolute atomic E-state index is 11.4. The minimum absolute atomic E-state index is 0.295. The first kappa shape index (κ1) is 15.2. The van der Waals surface area contributed by atoms with Crippen LogP contribution in [-0.4, -0.2) is 17.9 Å². The predicted molar refractivity (Wildman–Crippen MR) is 82.5 cm³/mol. The molecule has 1 aromatic rings. The number of ketones is 1. The topological polar surface area (TPSA) is 55.1 Å². The van der Waals surface area contributed by atoms with Crippen LogP contribution in [0.3, 0.4) is 0 Å². The van der Waals surface area contributed by atoms with Crippen molar-refractivity contribution in [1.82, 2.24) is 5.32 Å². The molecule has 0 radical (unpaired) electrons. The molecule has 0 aliphatic heterocycles. The van der Waals surface area contributed by atoms with Gasteiger partial charge in [0.25, 0.3) is 0 Å². The molecule has 0 spiro atoms. The van der Waals surface area contributed by atoms with Crippen LogP contribution < -0.4 is 11.1 Å². The number of hydrogen-bond donors (Lipinski definition) is 2. The molecule has 2 rings (SSSR count). The molecule has 0 unspecified atom stereocenters. The zero-order valence-corrected chi connectivity index (χ0v) is 12.4. The Kier molecular flexibility index (Phi) is 5.74. The Balaban J connectivity index is 1.82. The summed E-state index contributed by atoms with van der Waals surface area (Å²) in [6.07, 6.45) is 6.03. The Morgan fingerprint density at radius 3 is 2.50 bits per heavy atom. The van der Waals surface area contributed by atoms with Gasteiger partial charge in [0.15, 0.2) is 0 Å². The van der Waals surface area contributed by atoms with Gasteiger partial charge in [0, 0.05) is 31.5 Å². The molecular weight excluding hydrogens is 248 g/mol. The first-order chi connectivity index (χ1) is 9.69. The van der Waals surface area contributed by atoms with Crippen molar-refractivity contribution in [2.75, 3.05) is 0 Å². The molecule has 1 aliphatic rings. The second-order valence-electron chi connectivity index (χ2n) is 5.82. The Labute approximate surface area is 121 Å². The average Bonchev–Trinajstić information content (AvgIpc) is 2.48. The van der Waals surface area contributed by atoms with E-state index in [2.05, 4.69) is 29.6 Å². The van der Waals surface area contributed by atoms with Gasteiger partial charge >= 0.3 is 0 Å². The summed E-state index contributed by atoms with van der Waals surface area (Å²) < 4.78 is 0. The Morgan fingerprint density at radius 1 is 1.20 bits per heavy atom. The van der Waals surface area contributed by atoms with Crippen molar-refractivity contribution in [1.29, 1.82) is 0 Å². The predicted octanol–water partition coefficient (Wildman–Crippen LogP) is 2.57. The smallest absolute Gasteiger partial charge is 0.136 e. The van der Waals surface area contributed by atoms with Crippen molar-refractivity contribution in [3.8, 4) is 0 Å². The van der Waals surface area contributed by atoms with Gasteiger partial charge in [-0.1, -0.05) is 44.0 Å². The van der Waals surface area contributed by atoms with Crippen molar-refractivity contribution < 1.29 is 4.79 Å². The largest absolute Gasteiger partial charge is 0.326 e. The van der Waals surface area contributed by atoms with Crippen LogP contribution in [0.25, 0.3) is 0 Å². The molecule has 2 atom stereocenters. The molecule has 0 bridgehead atoms. The van der Waals surface area contributed by atoms with Crippen LogP contribution in [0, 0.1) is 0 Å². The van der Waals surface area contributed by atoms with Gasteiger partial charge in [0.2, 0.25) is 0 Å². The van der Waals surface area contributed by atoms with E-state index in [-0.39, 0.29) is 0 Å². The van der Waals surface area contributed by atoms with E-state index in [4.69, 9.17) is 5.73 Å². The molecule has 3 N–H and O–H groups in total. The van der Waals surface area contributed by atoms with Crippen molar-refractivity contribution in [2.45, 2.75) is 64.1 Å². The fraction of sp³-hybridized carbons (Fsp3) is 0.588. The Morgan fingerprint density at radius 2 is 1.85 bits per heavy atom. The monoisotopic (exact) mass is 274 g/mol. The fourth-order valence-corrected chi connectivity index (χ4v) is 2.79. The van der Waals surface area contributed by atoms with Crippen LogP contribution in [0.4, 0.5) is 0 Å². The van der Waals surface area contributed by atoms with Crippen molar-refractivity contribution >= 4 is 5.78 Å². The summed E-state index contributed by atoms with van der Waals surface area (Å²) >= 11 is 0. The van der Waals surface area contributed by atoms with E-state index in [1.165, 1.54) is 24.8 Å². The van der Waals surface area contributed by atoms with Gasteiger partial charge in [-0.2, -0.15) is 0 Å². The van der Waals surface area contributed by atoms with Crippen LogP contribution >= 0.6 is 0 Å². The van der Waals surface area contributed by atoms with Gasteiger partial charge in [-0.05, 0) is 24.0 Å². The number of nitrogens with two attached hydrogens (primary N) is 1. The summed E-state index contributed by atoms with van der Waals surface area (Å²) in [5.41, 5.74) is 8.50. The fourth-order valence-electron chi connectivity index (χ4n) is 2.79. The minimum atomic E-state index is 0.295. The zero-order valence-electron chi connectivity index (χ0n) is 12.4. The third-order valence-electron chi connectivity index (χ3n) is 4.21. The SMILES string of the molecule is CCC(=O)Cc1ccc(CN[C@@H]2CCCC[C@H]2N)cc1. The maximum atomic E-state index is 11.4. The van der Waals surface area contributed by atoms with Gasteiger partial charge in [0.05, 0.1) is 0 Å².